The number of amides is 4. The monoisotopic (exact) mass is 390 g/mol. The van der Waals surface area contributed by atoms with E-state index in [1.165, 1.54) is 12.1 Å². The van der Waals surface area contributed by atoms with Gasteiger partial charge in [-0.1, -0.05) is 45.2 Å². The van der Waals surface area contributed by atoms with Crippen molar-refractivity contribution in [1.29, 1.82) is 0 Å². The molecule has 1 aromatic rings. The summed E-state index contributed by atoms with van der Waals surface area (Å²) in [7, 11) is 0. The van der Waals surface area contributed by atoms with Gasteiger partial charge < -0.3 is 10.6 Å². The number of nitrogens with zero attached hydrogens (tertiary/aromatic N) is 1. The zero-order valence-electron chi connectivity index (χ0n) is 16.3. The van der Waals surface area contributed by atoms with Crippen LogP contribution in [0.4, 0.5) is 9.18 Å². The molecule has 1 atom stereocenters. The summed E-state index contributed by atoms with van der Waals surface area (Å²) < 4.78 is 13.2. The fourth-order valence-corrected chi connectivity index (χ4v) is 3.99. The standard InChI is InChI=1S/C20H27FN4O3/c1-13(2)17(14-6-8-15(21)9-7-14)22-12-16(26)24-25-18(27)20(23-19(25)28)10-4-3-5-11-20/h6-9,13,17,22H,3-5,10-12H2,1-2H3,(H,23,28)(H,24,26)/t17-/m0/s1. The van der Waals surface area contributed by atoms with Crippen molar-refractivity contribution in [2.24, 2.45) is 5.92 Å². The Morgan fingerprint density at radius 2 is 1.82 bits per heavy atom. The van der Waals surface area contributed by atoms with E-state index in [1.807, 2.05) is 13.8 Å². The van der Waals surface area contributed by atoms with Gasteiger partial charge >= 0.3 is 6.03 Å². The van der Waals surface area contributed by atoms with E-state index in [9.17, 15) is 18.8 Å². The predicted molar refractivity (Wildman–Crippen MR) is 101 cm³/mol. The van der Waals surface area contributed by atoms with Gasteiger partial charge in [0.25, 0.3) is 11.8 Å². The average Bonchev–Trinajstić information content (AvgIpc) is 2.87. The van der Waals surface area contributed by atoms with Crippen LogP contribution in [0.5, 0.6) is 0 Å². The van der Waals surface area contributed by atoms with Crippen LogP contribution in [0, 0.1) is 11.7 Å². The SMILES string of the molecule is CC(C)[C@H](NCC(=O)NN1C(=O)NC2(CCCCC2)C1=O)c1ccc(F)cc1. The minimum absolute atomic E-state index is 0.0791. The molecule has 1 heterocycles. The zero-order chi connectivity index (χ0) is 20.3. The van der Waals surface area contributed by atoms with E-state index in [-0.39, 0.29) is 30.2 Å². The van der Waals surface area contributed by atoms with Crippen molar-refractivity contribution < 1.29 is 18.8 Å². The fraction of sp³-hybridized carbons (Fsp3) is 0.550. The van der Waals surface area contributed by atoms with E-state index >= 15 is 0 Å². The molecule has 7 nitrogen and oxygen atoms in total. The highest BCUT2D eigenvalue weighted by Crippen LogP contribution is 2.33. The molecule has 0 aromatic heterocycles. The maximum absolute atomic E-state index is 13.2. The Morgan fingerprint density at radius 1 is 1.18 bits per heavy atom. The third kappa shape index (κ3) is 4.16. The third-order valence-electron chi connectivity index (χ3n) is 5.48. The van der Waals surface area contributed by atoms with Gasteiger partial charge in [-0.05, 0) is 36.5 Å². The molecule has 0 bridgehead atoms. The van der Waals surface area contributed by atoms with Crippen LogP contribution >= 0.6 is 0 Å². The lowest BCUT2D eigenvalue weighted by molar-refractivity contribution is -0.139. The Kier molecular flexibility index (Phi) is 5.98. The maximum atomic E-state index is 13.2. The number of hydrazine groups is 1. The second-order valence-corrected chi connectivity index (χ2v) is 7.90. The normalized spacial score (nSPS) is 19.8. The first-order valence-electron chi connectivity index (χ1n) is 9.77. The summed E-state index contributed by atoms with van der Waals surface area (Å²) >= 11 is 0. The van der Waals surface area contributed by atoms with Gasteiger partial charge in [0.2, 0.25) is 0 Å². The Balaban J connectivity index is 1.59. The molecule has 0 radical (unpaired) electrons. The quantitative estimate of drug-likeness (QED) is 0.651. The molecular weight excluding hydrogens is 363 g/mol. The van der Waals surface area contributed by atoms with Gasteiger partial charge in [-0.15, -0.1) is 0 Å². The molecule has 2 fully saturated rings. The minimum Gasteiger partial charge on any atom is -0.322 e. The highest BCUT2D eigenvalue weighted by Gasteiger charge is 2.52. The number of imide groups is 1. The van der Waals surface area contributed by atoms with Crippen molar-refractivity contribution in [2.75, 3.05) is 6.54 Å². The van der Waals surface area contributed by atoms with E-state index < -0.39 is 17.5 Å². The lowest BCUT2D eigenvalue weighted by Crippen LogP contribution is -2.52. The van der Waals surface area contributed by atoms with Crippen molar-refractivity contribution in [3.8, 4) is 0 Å². The van der Waals surface area contributed by atoms with Crippen LogP contribution in [-0.2, 0) is 9.59 Å². The number of hydrogen-bond acceptors (Lipinski definition) is 4. The van der Waals surface area contributed by atoms with Crippen LogP contribution < -0.4 is 16.1 Å². The molecule has 2 aliphatic rings. The van der Waals surface area contributed by atoms with Crippen LogP contribution in [0.1, 0.15) is 57.6 Å². The number of benzene rings is 1. The van der Waals surface area contributed by atoms with Gasteiger partial charge in [0.1, 0.15) is 11.4 Å². The molecular formula is C20H27FN4O3. The van der Waals surface area contributed by atoms with Crippen LogP contribution in [-0.4, -0.2) is 34.9 Å². The largest absolute Gasteiger partial charge is 0.344 e. The predicted octanol–water partition coefficient (Wildman–Crippen LogP) is 2.40. The number of hydrogen-bond donors (Lipinski definition) is 3. The van der Waals surface area contributed by atoms with Gasteiger partial charge in [0.05, 0.1) is 6.54 Å². The van der Waals surface area contributed by atoms with E-state index in [4.69, 9.17) is 0 Å². The highest BCUT2D eigenvalue weighted by atomic mass is 19.1. The summed E-state index contributed by atoms with van der Waals surface area (Å²) in [5.74, 6) is -1.03. The second kappa shape index (κ2) is 8.26. The summed E-state index contributed by atoms with van der Waals surface area (Å²) in [5, 5.41) is 6.68. The number of halogens is 1. The number of nitrogens with one attached hydrogen (secondary N) is 3. The van der Waals surface area contributed by atoms with Gasteiger partial charge in [0, 0.05) is 6.04 Å². The third-order valence-corrected chi connectivity index (χ3v) is 5.48. The molecule has 152 valence electrons. The molecule has 3 rings (SSSR count). The summed E-state index contributed by atoms with van der Waals surface area (Å²) in [6, 6.07) is 5.36. The number of carbonyl (C=O) groups is 3. The molecule has 1 aliphatic heterocycles. The highest BCUT2D eigenvalue weighted by molar-refractivity contribution is 6.08. The minimum atomic E-state index is -0.870. The van der Waals surface area contributed by atoms with Crippen molar-refractivity contribution in [3.63, 3.8) is 0 Å². The number of carbonyl (C=O) groups excluding carboxylic acids is 3. The lowest BCUT2D eigenvalue weighted by atomic mass is 9.82. The first kappa shape index (κ1) is 20.3. The van der Waals surface area contributed by atoms with Crippen LogP contribution in [0.3, 0.4) is 0 Å². The van der Waals surface area contributed by atoms with E-state index in [0.29, 0.717) is 12.8 Å². The van der Waals surface area contributed by atoms with Crippen LogP contribution in [0.15, 0.2) is 24.3 Å². The summed E-state index contributed by atoms with van der Waals surface area (Å²) in [5.41, 5.74) is 2.41. The molecule has 8 heteroatoms. The molecule has 1 aromatic carbocycles. The van der Waals surface area contributed by atoms with E-state index in [0.717, 1.165) is 29.8 Å². The molecule has 1 aliphatic carbocycles. The van der Waals surface area contributed by atoms with Crippen LogP contribution in [0.2, 0.25) is 0 Å². The molecule has 1 saturated carbocycles. The van der Waals surface area contributed by atoms with E-state index in [1.54, 1.807) is 12.1 Å². The Hall–Kier alpha value is -2.48. The second-order valence-electron chi connectivity index (χ2n) is 7.90. The van der Waals surface area contributed by atoms with Gasteiger partial charge in [-0.25, -0.2) is 9.18 Å². The van der Waals surface area contributed by atoms with Gasteiger partial charge in [-0.3, -0.25) is 15.0 Å². The van der Waals surface area contributed by atoms with Crippen molar-refractivity contribution in [1.82, 2.24) is 21.1 Å². The maximum Gasteiger partial charge on any atom is 0.344 e. The first-order valence-corrected chi connectivity index (χ1v) is 9.77. The topological polar surface area (TPSA) is 90.5 Å². The number of rotatable bonds is 6. The van der Waals surface area contributed by atoms with E-state index in [2.05, 4.69) is 16.1 Å². The van der Waals surface area contributed by atoms with Crippen molar-refractivity contribution in [2.45, 2.75) is 57.5 Å². The van der Waals surface area contributed by atoms with Crippen molar-refractivity contribution >= 4 is 17.8 Å². The lowest BCUT2D eigenvalue weighted by Gasteiger charge is -2.30. The summed E-state index contributed by atoms with van der Waals surface area (Å²) in [6.45, 7) is 3.90. The zero-order valence-corrected chi connectivity index (χ0v) is 16.3. The Bertz CT molecular complexity index is 744. The van der Waals surface area contributed by atoms with Crippen LogP contribution in [0.25, 0.3) is 0 Å². The molecule has 28 heavy (non-hydrogen) atoms. The molecule has 4 amide bonds. The smallest absolute Gasteiger partial charge is 0.322 e. The van der Waals surface area contributed by atoms with Gasteiger partial charge in [0.15, 0.2) is 0 Å². The van der Waals surface area contributed by atoms with Gasteiger partial charge in [-0.2, -0.15) is 5.01 Å². The average molecular weight is 390 g/mol. The summed E-state index contributed by atoms with van der Waals surface area (Å²) in [6.07, 6.45) is 4.00. The molecule has 1 saturated heterocycles. The number of urea groups is 1. The fourth-order valence-electron chi connectivity index (χ4n) is 3.99. The molecule has 0 unspecified atom stereocenters. The molecule has 1 spiro atoms. The Labute approximate surface area is 164 Å². The first-order chi connectivity index (χ1) is 13.3. The van der Waals surface area contributed by atoms with Crippen molar-refractivity contribution in [3.05, 3.63) is 35.6 Å². The molecule has 3 N–H and O–H groups in total. The summed E-state index contributed by atoms with van der Waals surface area (Å²) in [4.78, 5) is 37.3. The Morgan fingerprint density at radius 3 is 2.43 bits per heavy atom.